The molecular weight excluding hydrogens is 345 g/mol. The summed E-state index contributed by atoms with van der Waals surface area (Å²) in [5.74, 6) is -0.795. The summed E-state index contributed by atoms with van der Waals surface area (Å²) in [5, 5.41) is 0. The van der Waals surface area contributed by atoms with Gasteiger partial charge in [-0.3, -0.25) is 4.72 Å². The SMILES string of the molecule is Cc1cc(C)cc(NS(=O)(=O)c2ccc(Br)cc2F)c1. The van der Waals surface area contributed by atoms with Gasteiger partial charge >= 0.3 is 0 Å². The van der Waals surface area contributed by atoms with Crippen LogP contribution in [0.2, 0.25) is 0 Å². The van der Waals surface area contributed by atoms with Crippen LogP contribution >= 0.6 is 15.9 Å². The third-order valence-electron chi connectivity index (χ3n) is 2.66. The van der Waals surface area contributed by atoms with Crippen LogP contribution in [0, 0.1) is 19.7 Å². The lowest BCUT2D eigenvalue weighted by molar-refractivity contribution is 0.570. The Morgan fingerprint density at radius 3 is 2.20 bits per heavy atom. The van der Waals surface area contributed by atoms with Crippen LogP contribution in [0.25, 0.3) is 0 Å². The number of benzene rings is 2. The fraction of sp³-hybridized carbons (Fsp3) is 0.143. The van der Waals surface area contributed by atoms with Gasteiger partial charge in [-0.15, -0.1) is 0 Å². The molecule has 106 valence electrons. The van der Waals surface area contributed by atoms with Crippen LogP contribution in [0.3, 0.4) is 0 Å². The second-order valence-electron chi connectivity index (χ2n) is 4.56. The Bertz CT molecular complexity index is 740. The van der Waals surface area contributed by atoms with Crippen LogP contribution in [0.4, 0.5) is 10.1 Å². The maximum absolute atomic E-state index is 13.8. The van der Waals surface area contributed by atoms with Crippen LogP contribution in [0.5, 0.6) is 0 Å². The number of nitrogens with one attached hydrogen (secondary N) is 1. The Labute approximate surface area is 126 Å². The Morgan fingerprint density at radius 1 is 1.05 bits per heavy atom. The Morgan fingerprint density at radius 2 is 1.65 bits per heavy atom. The van der Waals surface area contributed by atoms with E-state index in [0.717, 1.165) is 17.2 Å². The van der Waals surface area contributed by atoms with Gasteiger partial charge in [0, 0.05) is 10.2 Å². The zero-order valence-corrected chi connectivity index (χ0v) is 13.3. The highest BCUT2D eigenvalue weighted by atomic mass is 79.9. The molecule has 0 spiro atoms. The first-order chi connectivity index (χ1) is 9.28. The first kappa shape index (κ1) is 15.0. The number of halogens is 2. The van der Waals surface area contributed by atoms with Crippen molar-refractivity contribution in [2.75, 3.05) is 4.72 Å². The van der Waals surface area contributed by atoms with Crippen molar-refractivity contribution in [3.8, 4) is 0 Å². The lowest BCUT2D eigenvalue weighted by atomic mass is 10.1. The van der Waals surface area contributed by atoms with E-state index in [1.807, 2.05) is 19.9 Å². The molecule has 2 rings (SSSR count). The third-order valence-corrected chi connectivity index (χ3v) is 4.57. The molecule has 1 N–H and O–H groups in total. The van der Waals surface area contributed by atoms with Crippen molar-refractivity contribution in [3.05, 3.63) is 57.8 Å². The van der Waals surface area contributed by atoms with Crippen LogP contribution in [0.1, 0.15) is 11.1 Å². The topological polar surface area (TPSA) is 46.2 Å². The van der Waals surface area contributed by atoms with E-state index in [9.17, 15) is 12.8 Å². The standard InChI is InChI=1S/C14H13BrFNO2S/c1-9-5-10(2)7-12(6-9)17-20(18,19)14-4-3-11(15)8-13(14)16/h3-8,17H,1-2H3. The number of rotatable bonds is 3. The predicted octanol–water partition coefficient (Wildman–Crippen LogP) is 4.01. The maximum Gasteiger partial charge on any atom is 0.264 e. The highest BCUT2D eigenvalue weighted by Gasteiger charge is 2.19. The summed E-state index contributed by atoms with van der Waals surface area (Å²) in [6, 6.07) is 9.15. The average molecular weight is 358 g/mol. The van der Waals surface area contributed by atoms with Crippen molar-refractivity contribution in [1.82, 2.24) is 0 Å². The molecule has 0 aliphatic heterocycles. The van der Waals surface area contributed by atoms with E-state index >= 15 is 0 Å². The molecule has 6 heteroatoms. The molecule has 2 aromatic rings. The molecule has 0 aliphatic rings. The summed E-state index contributed by atoms with van der Waals surface area (Å²) in [6.07, 6.45) is 0. The second-order valence-corrected chi connectivity index (χ2v) is 7.12. The number of hydrogen-bond acceptors (Lipinski definition) is 2. The predicted molar refractivity (Wildman–Crippen MR) is 80.8 cm³/mol. The van der Waals surface area contributed by atoms with Crippen LogP contribution in [0.15, 0.2) is 45.8 Å². The highest BCUT2D eigenvalue weighted by Crippen LogP contribution is 2.23. The summed E-state index contributed by atoms with van der Waals surface area (Å²) in [7, 11) is -3.94. The quantitative estimate of drug-likeness (QED) is 0.901. The lowest BCUT2D eigenvalue weighted by Gasteiger charge is -2.10. The summed E-state index contributed by atoms with van der Waals surface area (Å²) in [6.45, 7) is 3.73. The van der Waals surface area contributed by atoms with Crippen molar-refractivity contribution in [2.24, 2.45) is 0 Å². The largest absolute Gasteiger partial charge is 0.280 e. The van der Waals surface area contributed by atoms with E-state index in [2.05, 4.69) is 20.7 Å². The van der Waals surface area contributed by atoms with Crippen molar-refractivity contribution in [3.63, 3.8) is 0 Å². The molecule has 0 radical (unpaired) electrons. The van der Waals surface area contributed by atoms with Crippen molar-refractivity contribution in [1.29, 1.82) is 0 Å². The lowest BCUT2D eigenvalue weighted by Crippen LogP contribution is -2.14. The van der Waals surface area contributed by atoms with Gasteiger partial charge in [0.25, 0.3) is 10.0 Å². The zero-order chi connectivity index (χ0) is 14.9. The maximum atomic E-state index is 13.8. The molecule has 0 amide bonds. The monoisotopic (exact) mass is 357 g/mol. The summed E-state index contributed by atoms with van der Waals surface area (Å²) < 4.78 is 41.0. The Kier molecular flexibility index (Phi) is 4.15. The molecule has 0 bridgehead atoms. The highest BCUT2D eigenvalue weighted by molar-refractivity contribution is 9.10. The first-order valence-electron chi connectivity index (χ1n) is 5.84. The molecule has 0 heterocycles. The smallest absolute Gasteiger partial charge is 0.264 e. The fourth-order valence-electron chi connectivity index (χ4n) is 1.94. The van der Waals surface area contributed by atoms with E-state index in [1.54, 1.807) is 12.1 Å². The minimum Gasteiger partial charge on any atom is -0.280 e. The Balaban J connectivity index is 2.40. The molecule has 0 atom stereocenters. The Hall–Kier alpha value is -1.40. The van der Waals surface area contributed by atoms with Gasteiger partial charge in [0.2, 0.25) is 0 Å². The number of anilines is 1. The van der Waals surface area contributed by atoms with Crippen LogP contribution in [-0.2, 0) is 10.0 Å². The fourth-order valence-corrected chi connectivity index (χ4v) is 3.37. The van der Waals surface area contributed by atoms with Gasteiger partial charge in [-0.1, -0.05) is 22.0 Å². The minimum absolute atomic E-state index is 0.375. The van der Waals surface area contributed by atoms with Gasteiger partial charge < -0.3 is 0 Å². The summed E-state index contributed by atoms with van der Waals surface area (Å²) in [5.41, 5.74) is 2.28. The van der Waals surface area contributed by atoms with Gasteiger partial charge in [0.15, 0.2) is 0 Å². The first-order valence-corrected chi connectivity index (χ1v) is 8.12. The molecule has 3 nitrogen and oxygen atoms in total. The number of sulfonamides is 1. The summed E-state index contributed by atoms with van der Waals surface area (Å²) in [4.78, 5) is -0.375. The normalized spacial score (nSPS) is 11.4. The van der Waals surface area contributed by atoms with E-state index < -0.39 is 15.8 Å². The van der Waals surface area contributed by atoms with E-state index in [-0.39, 0.29) is 4.90 Å². The van der Waals surface area contributed by atoms with Crippen LogP contribution in [-0.4, -0.2) is 8.42 Å². The molecule has 0 aromatic heterocycles. The third kappa shape index (κ3) is 3.37. The molecule has 0 aliphatic carbocycles. The van der Waals surface area contributed by atoms with E-state index in [1.165, 1.54) is 12.1 Å². The summed E-state index contributed by atoms with van der Waals surface area (Å²) >= 11 is 3.09. The van der Waals surface area contributed by atoms with Gasteiger partial charge in [-0.2, -0.15) is 0 Å². The molecular formula is C14H13BrFNO2S. The van der Waals surface area contributed by atoms with E-state index in [0.29, 0.717) is 10.2 Å². The minimum atomic E-state index is -3.94. The van der Waals surface area contributed by atoms with Gasteiger partial charge in [-0.05, 0) is 55.3 Å². The van der Waals surface area contributed by atoms with Crippen molar-refractivity contribution < 1.29 is 12.8 Å². The number of aryl methyl sites for hydroxylation is 2. The molecule has 2 aromatic carbocycles. The molecule has 0 saturated carbocycles. The van der Waals surface area contributed by atoms with E-state index in [4.69, 9.17) is 0 Å². The molecule has 0 saturated heterocycles. The molecule has 20 heavy (non-hydrogen) atoms. The van der Waals surface area contributed by atoms with Gasteiger partial charge in [-0.25, -0.2) is 12.8 Å². The van der Waals surface area contributed by atoms with Crippen molar-refractivity contribution in [2.45, 2.75) is 18.7 Å². The molecule has 0 fully saturated rings. The van der Waals surface area contributed by atoms with Crippen LogP contribution < -0.4 is 4.72 Å². The van der Waals surface area contributed by atoms with Crippen molar-refractivity contribution >= 4 is 31.6 Å². The van der Waals surface area contributed by atoms with Gasteiger partial charge in [0.05, 0.1) is 0 Å². The average Bonchev–Trinajstić information content (AvgIpc) is 2.25. The van der Waals surface area contributed by atoms with Gasteiger partial charge in [0.1, 0.15) is 10.7 Å². The second kappa shape index (κ2) is 5.54. The number of hydrogen-bond donors (Lipinski definition) is 1. The zero-order valence-electron chi connectivity index (χ0n) is 10.9. The molecule has 0 unspecified atom stereocenters.